The van der Waals surface area contributed by atoms with E-state index in [0.717, 1.165) is 43.2 Å². The Balaban J connectivity index is 0.00000400. The molecule has 0 amide bonds. The number of ether oxygens (including phenoxy) is 2. The van der Waals surface area contributed by atoms with Crippen LogP contribution in [0.15, 0.2) is 70.5 Å². The number of anilines is 1. The first kappa shape index (κ1) is 30.3. The highest BCUT2D eigenvalue weighted by molar-refractivity contribution is 7.91. The topological polar surface area (TPSA) is 79.3 Å². The zero-order valence-electron chi connectivity index (χ0n) is 21.1. The largest absolute Gasteiger partial charge is 0.495 e. The van der Waals surface area contributed by atoms with Gasteiger partial charge in [0.25, 0.3) is 0 Å². The quantitative estimate of drug-likeness (QED) is 0.364. The first-order valence-corrected chi connectivity index (χ1v) is 14.1. The Labute approximate surface area is 240 Å². The van der Waals surface area contributed by atoms with E-state index < -0.39 is 15.9 Å². The minimum Gasteiger partial charge on any atom is -0.495 e. The summed E-state index contributed by atoms with van der Waals surface area (Å²) in [5.41, 5.74) is 2.02. The summed E-state index contributed by atoms with van der Waals surface area (Å²) in [6.45, 7) is 5.45. The molecule has 1 N–H and O–H groups in total. The molecule has 3 aromatic rings. The standard InChI is InChI=1S/C27H30Cl2N2O5S.ClH/c1-19-7-9-21(10-8-19)37(33,34)22-15-23(28)27(24(29)16-22)36-18-20(32)17-30-11-13-31(14-12-30)25-5-3-4-6-26(25)35-2;/h3-10,15-16,20,32H,11-14,17-18H2,1-2H3;1H. The van der Waals surface area contributed by atoms with E-state index in [2.05, 4.69) is 9.80 Å². The summed E-state index contributed by atoms with van der Waals surface area (Å²) < 4.78 is 37.2. The van der Waals surface area contributed by atoms with Gasteiger partial charge in [0, 0.05) is 32.7 Å². The highest BCUT2D eigenvalue weighted by atomic mass is 35.5. The van der Waals surface area contributed by atoms with Crippen molar-refractivity contribution < 1.29 is 23.0 Å². The van der Waals surface area contributed by atoms with Crippen molar-refractivity contribution in [2.45, 2.75) is 22.8 Å². The highest BCUT2D eigenvalue weighted by Crippen LogP contribution is 2.37. The molecule has 1 heterocycles. The number of aliphatic hydroxyl groups is 1. The van der Waals surface area contributed by atoms with Gasteiger partial charge in [-0.15, -0.1) is 12.4 Å². The van der Waals surface area contributed by atoms with E-state index in [-0.39, 0.29) is 44.6 Å². The number of methoxy groups -OCH3 is 1. The van der Waals surface area contributed by atoms with Crippen molar-refractivity contribution >= 4 is 51.1 Å². The molecular weight excluding hydrogens is 571 g/mol. The summed E-state index contributed by atoms with van der Waals surface area (Å²) in [5.74, 6) is 0.988. The first-order chi connectivity index (χ1) is 17.7. The number of sulfone groups is 1. The molecule has 1 saturated heterocycles. The molecule has 4 rings (SSSR count). The molecule has 38 heavy (non-hydrogen) atoms. The minimum atomic E-state index is -3.79. The van der Waals surface area contributed by atoms with E-state index in [4.69, 9.17) is 32.7 Å². The van der Waals surface area contributed by atoms with Crippen molar-refractivity contribution in [3.05, 3.63) is 76.3 Å². The molecule has 1 atom stereocenters. The van der Waals surface area contributed by atoms with Gasteiger partial charge in [-0.3, -0.25) is 4.90 Å². The van der Waals surface area contributed by atoms with Gasteiger partial charge in [-0.2, -0.15) is 0 Å². The predicted molar refractivity (Wildman–Crippen MR) is 153 cm³/mol. The molecule has 0 radical (unpaired) electrons. The number of aliphatic hydroxyl groups excluding tert-OH is 1. The third-order valence-corrected chi connectivity index (χ3v) is 8.61. The lowest BCUT2D eigenvalue weighted by atomic mass is 10.2. The average molecular weight is 602 g/mol. The maximum absolute atomic E-state index is 13.0. The van der Waals surface area contributed by atoms with Crippen LogP contribution < -0.4 is 14.4 Å². The van der Waals surface area contributed by atoms with Gasteiger partial charge in [-0.1, -0.05) is 53.0 Å². The van der Waals surface area contributed by atoms with Gasteiger partial charge in [0.15, 0.2) is 5.75 Å². The molecule has 206 valence electrons. The predicted octanol–water partition coefficient (Wildman–Crippen LogP) is 5.13. The van der Waals surface area contributed by atoms with Crippen molar-refractivity contribution in [2.75, 3.05) is 51.3 Å². The molecule has 3 aromatic carbocycles. The second-order valence-corrected chi connectivity index (χ2v) is 11.7. The molecule has 1 unspecified atom stereocenters. The van der Waals surface area contributed by atoms with Crippen molar-refractivity contribution in [3.63, 3.8) is 0 Å². The van der Waals surface area contributed by atoms with E-state index in [1.54, 1.807) is 31.4 Å². The van der Waals surface area contributed by atoms with E-state index in [9.17, 15) is 13.5 Å². The van der Waals surface area contributed by atoms with E-state index >= 15 is 0 Å². The zero-order valence-corrected chi connectivity index (χ0v) is 24.3. The summed E-state index contributed by atoms with van der Waals surface area (Å²) in [4.78, 5) is 4.57. The Morgan fingerprint density at radius 2 is 1.55 bits per heavy atom. The molecule has 0 saturated carbocycles. The highest BCUT2D eigenvalue weighted by Gasteiger charge is 2.24. The van der Waals surface area contributed by atoms with E-state index in [1.165, 1.54) is 12.1 Å². The van der Waals surface area contributed by atoms with E-state index in [0.29, 0.717) is 6.54 Å². The van der Waals surface area contributed by atoms with Crippen LogP contribution in [0, 0.1) is 6.92 Å². The molecule has 11 heteroatoms. The fraction of sp³-hybridized carbons (Fsp3) is 0.333. The number of halogens is 3. The Morgan fingerprint density at radius 1 is 0.947 bits per heavy atom. The molecule has 0 aromatic heterocycles. The van der Waals surface area contributed by atoms with Crippen molar-refractivity contribution in [1.82, 2.24) is 4.90 Å². The fourth-order valence-corrected chi connectivity index (χ4v) is 6.31. The first-order valence-electron chi connectivity index (χ1n) is 11.9. The van der Waals surface area contributed by atoms with Gasteiger partial charge < -0.3 is 19.5 Å². The molecular formula is C27H31Cl3N2O5S. The number of nitrogens with zero attached hydrogens (tertiary/aromatic N) is 2. The maximum Gasteiger partial charge on any atom is 0.206 e. The molecule has 1 aliphatic rings. The number of hydrogen-bond donors (Lipinski definition) is 1. The van der Waals surface area contributed by atoms with Crippen LogP contribution in [0.4, 0.5) is 5.69 Å². The molecule has 0 bridgehead atoms. The Hall–Kier alpha value is -2.20. The summed E-state index contributed by atoms with van der Waals surface area (Å²) in [7, 11) is -2.12. The molecule has 0 spiro atoms. The van der Waals surface area contributed by atoms with Crippen molar-refractivity contribution in [1.29, 1.82) is 0 Å². The number of benzene rings is 3. The minimum absolute atomic E-state index is 0. The number of hydrogen-bond acceptors (Lipinski definition) is 7. The van der Waals surface area contributed by atoms with Crippen molar-refractivity contribution in [2.24, 2.45) is 0 Å². The number of β-amino-alcohol motifs (C(OH)–C–C–N with tert-alkyl or cyclic N) is 1. The van der Waals surface area contributed by atoms with Crippen LogP contribution in [0.5, 0.6) is 11.5 Å². The second-order valence-electron chi connectivity index (χ2n) is 8.96. The lowest BCUT2D eigenvalue weighted by Gasteiger charge is -2.37. The number of piperazine rings is 1. The van der Waals surface area contributed by atoms with Crippen LogP contribution in [0.3, 0.4) is 0 Å². The molecule has 7 nitrogen and oxygen atoms in total. The Kier molecular flexibility index (Phi) is 10.6. The van der Waals surface area contributed by atoms with Gasteiger partial charge >= 0.3 is 0 Å². The summed E-state index contributed by atoms with van der Waals surface area (Å²) in [6.07, 6.45) is -0.777. The number of para-hydroxylation sites is 2. The third kappa shape index (κ3) is 7.05. The average Bonchev–Trinajstić information content (AvgIpc) is 2.88. The monoisotopic (exact) mass is 600 g/mol. The lowest BCUT2D eigenvalue weighted by Crippen LogP contribution is -2.49. The third-order valence-electron chi connectivity index (χ3n) is 6.30. The molecule has 0 aliphatic carbocycles. The molecule has 1 fully saturated rings. The van der Waals surface area contributed by atoms with Gasteiger partial charge in [0.1, 0.15) is 18.5 Å². The van der Waals surface area contributed by atoms with Gasteiger partial charge in [0.05, 0.1) is 32.6 Å². The Bertz CT molecular complexity index is 1310. The van der Waals surface area contributed by atoms with Gasteiger partial charge in [-0.25, -0.2) is 8.42 Å². The van der Waals surface area contributed by atoms with Crippen LogP contribution in [-0.4, -0.2) is 71.0 Å². The van der Waals surface area contributed by atoms with Gasteiger partial charge in [-0.05, 0) is 43.3 Å². The number of rotatable bonds is 9. The van der Waals surface area contributed by atoms with Crippen LogP contribution >= 0.6 is 35.6 Å². The van der Waals surface area contributed by atoms with E-state index in [1.807, 2.05) is 31.2 Å². The van der Waals surface area contributed by atoms with Crippen LogP contribution in [0.25, 0.3) is 0 Å². The smallest absolute Gasteiger partial charge is 0.206 e. The summed E-state index contributed by atoms with van der Waals surface area (Å²) >= 11 is 12.7. The van der Waals surface area contributed by atoms with Crippen LogP contribution in [0.1, 0.15) is 5.56 Å². The van der Waals surface area contributed by atoms with Crippen LogP contribution in [-0.2, 0) is 9.84 Å². The summed E-state index contributed by atoms with van der Waals surface area (Å²) in [6, 6.07) is 17.1. The SMILES string of the molecule is COc1ccccc1N1CCN(CC(O)COc2c(Cl)cc(S(=O)(=O)c3ccc(C)cc3)cc2Cl)CC1.Cl. The second kappa shape index (κ2) is 13.2. The molecule has 1 aliphatic heterocycles. The zero-order chi connectivity index (χ0) is 26.6. The number of aryl methyl sites for hydroxylation is 1. The lowest BCUT2D eigenvalue weighted by molar-refractivity contribution is 0.0663. The van der Waals surface area contributed by atoms with Gasteiger partial charge in [0.2, 0.25) is 9.84 Å². The maximum atomic E-state index is 13.0. The van der Waals surface area contributed by atoms with Crippen molar-refractivity contribution in [3.8, 4) is 11.5 Å². The summed E-state index contributed by atoms with van der Waals surface area (Å²) in [5, 5.41) is 10.7. The van der Waals surface area contributed by atoms with Crippen LogP contribution in [0.2, 0.25) is 10.0 Å². The fourth-order valence-electron chi connectivity index (χ4n) is 4.28. The normalized spacial score (nSPS) is 15.0. The Morgan fingerprint density at radius 3 is 2.16 bits per heavy atom.